The second-order valence-electron chi connectivity index (χ2n) is 5.60. The number of piperazine rings is 1. The molecule has 0 unspecified atom stereocenters. The Morgan fingerprint density at radius 2 is 1.92 bits per heavy atom. The van der Waals surface area contributed by atoms with Crippen molar-refractivity contribution in [3.8, 4) is 11.8 Å². The number of pyridine rings is 1. The Hall–Kier alpha value is -2.78. The zero-order chi connectivity index (χ0) is 17.6. The van der Waals surface area contributed by atoms with E-state index < -0.39 is 0 Å². The van der Waals surface area contributed by atoms with Gasteiger partial charge in [-0.1, -0.05) is 11.6 Å². The zero-order valence-corrected chi connectivity index (χ0v) is 14.3. The van der Waals surface area contributed by atoms with Gasteiger partial charge in [0.2, 0.25) is 0 Å². The predicted molar refractivity (Wildman–Crippen MR) is 94.7 cm³/mol. The Balaban J connectivity index is 1.52. The van der Waals surface area contributed by atoms with Gasteiger partial charge in [-0.3, -0.25) is 4.79 Å². The maximum absolute atomic E-state index is 12.3. The average Bonchev–Trinajstić information content (AvgIpc) is 2.67. The molecule has 1 aliphatic heterocycles. The lowest BCUT2D eigenvalue weighted by Gasteiger charge is -2.35. The molecule has 2 heterocycles. The molecule has 1 fully saturated rings. The molecule has 3 rings (SSSR count). The highest BCUT2D eigenvalue weighted by Gasteiger charge is 2.23. The van der Waals surface area contributed by atoms with Crippen LogP contribution in [0.3, 0.4) is 0 Å². The van der Waals surface area contributed by atoms with Crippen LogP contribution < -0.4 is 9.64 Å². The van der Waals surface area contributed by atoms with Crippen molar-refractivity contribution in [3.63, 3.8) is 0 Å². The quantitative estimate of drug-likeness (QED) is 0.841. The molecule has 128 valence electrons. The van der Waals surface area contributed by atoms with E-state index in [-0.39, 0.29) is 12.5 Å². The molecule has 1 saturated heterocycles. The first-order valence-electron chi connectivity index (χ1n) is 7.93. The number of nitrogens with zero attached hydrogens (tertiary/aromatic N) is 4. The molecule has 1 aliphatic rings. The lowest BCUT2D eigenvalue weighted by molar-refractivity contribution is -0.133. The van der Waals surface area contributed by atoms with Gasteiger partial charge in [0.1, 0.15) is 17.6 Å². The van der Waals surface area contributed by atoms with Crippen LogP contribution in [0.15, 0.2) is 42.6 Å². The summed E-state index contributed by atoms with van der Waals surface area (Å²) in [6.07, 6.45) is 1.67. The highest BCUT2D eigenvalue weighted by atomic mass is 35.5. The number of nitriles is 1. The smallest absolute Gasteiger partial charge is 0.260 e. The van der Waals surface area contributed by atoms with Gasteiger partial charge < -0.3 is 14.5 Å². The standard InChI is InChI=1S/C18H17ClN4O2/c19-15-3-5-16(6-4-15)25-13-17(24)22-8-10-23(11-9-22)18-14(12-20)2-1-7-21-18/h1-7H,8-11,13H2. The molecule has 0 atom stereocenters. The average molecular weight is 357 g/mol. The van der Waals surface area contributed by atoms with Crippen molar-refractivity contribution >= 4 is 23.3 Å². The number of benzene rings is 1. The molecule has 2 aromatic rings. The van der Waals surface area contributed by atoms with Crippen molar-refractivity contribution < 1.29 is 9.53 Å². The van der Waals surface area contributed by atoms with Crippen LogP contribution in [0.4, 0.5) is 5.82 Å². The van der Waals surface area contributed by atoms with Crippen LogP contribution in [-0.2, 0) is 4.79 Å². The number of ether oxygens (including phenoxy) is 1. The summed E-state index contributed by atoms with van der Waals surface area (Å²) in [5.74, 6) is 1.23. The summed E-state index contributed by atoms with van der Waals surface area (Å²) in [6, 6.07) is 12.6. The number of hydrogen-bond acceptors (Lipinski definition) is 5. The first-order valence-corrected chi connectivity index (χ1v) is 8.31. The minimum absolute atomic E-state index is 0.00529. The fourth-order valence-electron chi connectivity index (χ4n) is 2.67. The highest BCUT2D eigenvalue weighted by Crippen LogP contribution is 2.19. The molecule has 7 heteroatoms. The molecule has 6 nitrogen and oxygen atoms in total. The summed E-state index contributed by atoms with van der Waals surface area (Å²) < 4.78 is 5.51. The van der Waals surface area contributed by atoms with Crippen molar-refractivity contribution in [3.05, 3.63) is 53.2 Å². The van der Waals surface area contributed by atoms with Crippen LogP contribution in [0.1, 0.15) is 5.56 Å². The number of hydrogen-bond donors (Lipinski definition) is 0. The summed E-state index contributed by atoms with van der Waals surface area (Å²) >= 11 is 5.82. The lowest BCUT2D eigenvalue weighted by atomic mass is 10.2. The molecule has 1 amide bonds. The van der Waals surface area contributed by atoms with Gasteiger partial charge in [0.25, 0.3) is 5.91 Å². The highest BCUT2D eigenvalue weighted by molar-refractivity contribution is 6.30. The predicted octanol–water partition coefficient (Wildman–Crippen LogP) is 2.33. The Bertz CT molecular complexity index is 780. The fraction of sp³-hybridized carbons (Fsp3) is 0.278. The van der Waals surface area contributed by atoms with E-state index >= 15 is 0 Å². The molecule has 1 aromatic heterocycles. The Morgan fingerprint density at radius 3 is 2.60 bits per heavy atom. The molecule has 0 radical (unpaired) electrons. The molecule has 0 bridgehead atoms. The van der Waals surface area contributed by atoms with E-state index in [1.807, 2.05) is 4.90 Å². The SMILES string of the molecule is N#Cc1cccnc1N1CCN(C(=O)COc2ccc(Cl)cc2)CC1. The topological polar surface area (TPSA) is 69.5 Å². The summed E-state index contributed by atoms with van der Waals surface area (Å²) in [5, 5.41) is 9.80. The number of anilines is 1. The molecular weight excluding hydrogens is 340 g/mol. The Labute approximate surface area is 151 Å². The minimum atomic E-state index is -0.0591. The van der Waals surface area contributed by atoms with Crippen molar-refractivity contribution in [2.75, 3.05) is 37.7 Å². The van der Waals surface area contributed by atoms with E-state index in [1.165, 1.54) is 0 Å². The van der Waals surface area contributed by atoms with Crippen molar-refractivity contribution in [1.29, 1.82) is 5.26 Å². The summed E-state index contributed by atoms with van der Waals surface area (Å²) in [6.45, 7) is 2.42. The van der Waals surface area contributed by atoms with Gasteiger partial charge in [-0.25, -0.2) is 4.98 Å². The lowest BCUT2D eigenvalue weighted by Crippen LogP contribution is -2.50. The maximum atomic E-state index is 12.3. The van der Waals surface area contributed by atoms with Gasteiger partial charge >= 0.3 is 0 Å². The van der Waals surface area contributed by atoms with Gasteiger partial charge in [0.15, 0.2) is 6.61 Å². The van der Waals surface area contributed by atoms with Gasteiger partial charge in [-0.2, -0.15) is 5.26 Å². The number of carbonyl (C=O) groups excluding carboxylic acids is 1. The van der Waals surface area contributed by atoms with E-state index in [2.05, 4.69) is 11.1 Å². The van der Waals surface area contributed by atoms with E-state index in [9.17, 15) is 10.1 Å². The monoisotopic (exact) mass is 356 g/mol. The van der Waals surface area contributed by atoms with Crippen molar-refractivity contribution in [1.82, 2.24) is 9.88 Å². The van der Waals surface area contributed by atoms with Crippen LogP contribution >= 0.6 is 11.6 Å². The third-order valence-corrected chi connectivity index (χ3v) is 4.27. The second-order valence-corrected chi connectivity index (χ2v) is 6.03. The normalized spacial score (nSPS) is 14.1. The number of halogens is 1. The summed E-state index contributed by atoms with van der Waals surface area (Å²) in [7, 11) is 0. The minimum Gasteiger partial charge on any atom is -0.484 e. The molecule has 0 aliphatic carbocycles. The number of rotatable bonds is 4. The third kappa shape index (κ3) is 4.20. The zero-order valence-electron chi connectivity index (χ0n) is 13.6. The van der Waals surface area contributed by atoms with Crippen LogP contribution in [0.5, 0.6) is 5.75 Å². The molecule has 25 heavy (non-hydrogen) atoms. The van der Waals surface area contributed by atoms with Gasteiger partial charge in [0, 0.05) is 37.4 Å². The number of amides is 1. The van der Waals surface area contributed by atoms with Gasteiger partial charge in [-0.15, -0.1) is 0 Å². The molecule has 0 spiro atoms. The third-order valence-electron chi connectivity index (χ3n) is 4.01. The molecule has 0 N–H and O–H groups in total. The van der Waals surface area contributed by atoms with Crippen LogP contribution in [0.25, 0.3) is 0 Å². The van der Waals surface area contributed by atoms with E-state index in [1.54, 1.807) is 47.5 Å². The second kappa shape index (κ2) is 7.86. The van der Waals surface area contributed by atoms with Gasteiger partial charge in [0.05, 0.1) is 5.56 Å². The van der Waals surface area contributed by atoms with E-state index in [0.29, 0.717) is 48.3 Å². The molecular formula is C18H17ClN4O2. The van der Waals surface area contributed by atoms with Gasteiger partial charge in [-0.05, 0) is 36.4 Å². The van der Waals surface area contributed by atoms with Crippen LogP contribution in [-0.4, -0.2) is 48.6 Å². The number of aromatic nitrogens is 1. The first-order chi connectivity index (χ1) is 12.2. The molecule has 0 saturated carbocycles. The molecule has 1 aromatic carbocycles. The van der Waals surface area contributed by atoms with E-state index in [0.717, 1.165) is 0 Å². The van der Waals surface area contributed by atoms with Crippen molar-refractivity contribution in [2.45, 2.75) is 0 Å². The van der Waals surface area contributed by atoms with Crippen LogP contribution in [0, 0.1) is 11.3 Å². The Kier molecular flexibility index (Phi) is 5.36. The summed E-state index contributed by atoms with van der Waals surface area (Å²) in [5.41, 5.74) is 0.549. The fourth-order valence-corrected chi connectivity index (χ4v) is 2.80. The number of carbonyl (C=O) groups is 1. The Morgan fingerprint density at radius 1 is 1.20 bits per heavy atom. The van der Waals surface area contributed by atoms with E-state index in [4.69, 9.17) is 16.3 Å². The summed E-state index contributed by atoms with van der Waals surface area (Å²) in [4.78, 5) is 20.4. The first kappa shape index (κ1) is 17.1. The largest absolute Gasteiger partial charge is 0.484 e. The van der Waals surface area contributed by atoms with Crippen LogP contribution in [0.2, 0.25) is 5.02 Å². The maximum Gasteiger partial charge on any atom is 0.260 e. The van der Waals surface area contributed by atoms with Crippen molar-refractivity contribution in [2.24, 2.45) is 0 Å².